The first kappa shape index (κ1) is 28.6. The van der Waals surface area contributed by atoms with Gasteiger partial charge in [-0.05, 0) is 82.7 Å². The molecule has 0 saturated carbocycles. The van der Waals surface area contributed by atoms with Crippen LogP contribution in [0.15, 0.2) is 27.9 Å². The van der Waals surface area contributed by atoms with E-state index in [1.54, 1.807) is 12.3 Å². The zero-order valence-electron chi connectivity index (χ0n) is 20.2. The van der Waals surface area contributed by atoms with Crippen molar-refractivity contribution in [3.63, 3.8) is 0 Å². The zero-order valence-corrected chi connectivity index (χ0v) is 21.7. The molecule has 0 amide bonds. The second kappa shape index (κ2) is 16.2. The number of ether oxygens (including phenoxy) is 3. The van der Waals surface area contributed by atoms with Crippen molar-refractivity contribution in [2.24, 2.45) is 5.16 Å². The van der Waals surface area contributed by atoms with E-state index in [0.717, 1.165) is 67.8 Å². The highest BCUT2D eigenvalue weighted by molar-refractivity contribution is 6.55. The van der Waals surface area contributed by atoms with Crippen molar-refractivity contribution in [3.8, 4) is 11.5 Å². The molecule has 0 unspecified atom stereocenters. The van der Waals surface area contributed by atoms with Crippen LogP contribution in [0.25, 0.3) is 0 Å². The molecule has 0 spiro atoms. The fourth-order valence-corrected chi connectivity index (χ4v) is 3.01. The summed E-state index contributed by atoms with van der Waals surface area (Å²) in [7, 11) is 0. The maximum Gasteiger partial charge on any atom is 0.129 e. The van der Waals surface area contributed by atoms with Crippen molar-refractivity contribution in [1.82, 2.24) is 0 Å². The van der Waals surface area contributed by atoms with Crippen LogP contribution in [0.3, 0.4) is 0 Å². The van der Waals surface area contributed by atoms with E-state index in [0.29, 0.717) is 19.8 Å². The third kappa shape index (κ3) is 13.9. The smallest absolute Gasteiger partial charge is 0.129 e. The summed E-state index contributed by atoms with van der Waals surface area (Å²) in [6.45, 7) is 12.6. The van der Waals surface area contributed by atoms with Gasteiger partial charge in [0, 0.05) is 19.2 Å². The van der Waals surface area contributed by atoms with Gasteiger partial charge in [-0.25, -0.2) is 0 Å². The van der Waals surface area contributed by atoms with Gasteiger partial charge in [-0.15, -0.1) is 0 Å². The van der Waals surface area contributed by atoms with Crippen molar-refractivity contribution >= 4 is 29.4 Å². The number of oxime groups is 1. The average molecular weight is 488 g/mol. The molecule has 0 fully saturated rings. The Kier molecular flexibility index (Phi) is 14.5. The highest BCUT2D eigenvalue weighted by Crippen LogP contribution is 2.30. The van der Waals surface area contributed by atoms with Gasteiger partial charge in [0.2, 0.25) is 0 Å². The Labute approximate surface area is 204 Å². The monoisotopic (exact) mass is 487 g/mol. The topological polar surface area (TPSA) is 49.3 Å². The molecule has 32 heavy (non-hydrogen) atoms. The fourth-order valence-electron chi connectivity index (χ4n) is 2.88. The minimum Gasteiger partial charge on any atom is -0.493 e. The molecular weight excluding hydrogens is 449 g/mol. The van der Waals surface area contributed by atoms with Gasteiger partial charge < -0.3 is 19.0 Å². The van der Waals surface area contributed by atoms with Gasteiger partial charge in [-0.1, -0.05) is 41.7 Å². The molecule has 0 atom stereocenters. The average Bonchev–Trinajstić information content (AvgIpc) is 2.71. The van der Waals surface area contributed by atoms with Crippen LogP contribution >= 0.6 is 23.2 Å². The van der Waals surface area contributed by atoms with Crippen LogP contribution < -0.4 is 9.47 Å². The predicted octanol–water partition coefficient (Wildman–Crippen LogP) is 7.40. The van der Waals surface area contributed by atoms with Gasteiger partial charge in [0.15, 0.2) is 0 Å². The van der Waals surface area contributed by atoms with Crippen LogP contribution in [0.2, 0.25) is 0 Å². The van der Waals surface area contributed by atoms with Crippen LogP contribution in [-0.2, 0) is 16.0 Å². The van der Waals surface area contributed by atoms with E-state index < -0.39 is 0 Å². The number of unbranched alkanes of at least 4 members (excludes halogenated alkanes) is 3. The largest absolute Gasteiger partial charge is 0.493 e. The lowest BCUT2D eigenvalue weighted by molar-refractivity contribution is 0.00128. The van der Waals surface area contributed by atoms with E-state index in [1.165, 1.54) is 0 Å². The number of rotatable bonds is 16. The second-order valence-corrected chi connectivity index (χ2v) is 9.55. The Morgan fingerprint density at radius 1 is 1.00 bits per heavy atom. The Morgan fingerprint density at radius 3 is 2.38 bits per heavy atom. The highest BCUT2D eigenvalue weighted by Gasteiger charge is 2.10. The Hall–Kier alpha value is -1.43. The number of hydrogen-bond acceptors (Lipinski definition) is 5. The molecule has 1 rings (SSSR count). The summed E-state index contributed by atoms with van der Waals surface area (Å²) in [5.74, 6) is 1.76. The molecule has 182 valence electrons. The van der Waals surface area contributed by atoms with Crippen molar-refractivity contribution in [3.05, 3.63) is 33.8 Å². The summed E-state index contributed by atoms with van der Waals surface area (Å²) in [6, 6.07) is 4.01. The summed E-state index contributed by atoms with van der Waals surface area (Å²) < 4.78 is 17.6. The second-order valence-electron chi connectivity index (χ2n) is 8.54. The zero-order chi connectivity index (χ0) is 23.8. The molecule has 0 N–H and O–H groups in total. The molecule has 0 aromatic heterocycles. The molecular formula is C25H39Cl2NO4. The Bertz CT molecular complexity index is 711. The van der Waals surface area contributed by atoms with Gasteiger partial charge >= 0.3 is 0 Å². The SMILES string of the molecule is CCc1cc(OCC=C(Cl)Cl)cc(C)c1OCCCCCCOCCC=NOC(C)(C)C. The van der Waals surface area contributed by atoms with Gasteiger partial charge in [-0.2, -0.15) is 0 Å². The predicted molar refractivity (Wildman–Crippen MR) is 135 cm³/mol. The van der Waals surface area contributed by atoms with Crippen LogP contribution in [0.1, 0.15) is 70.9 Å². The standard InChI is InChI=1S/C25H39Cl2NO4/c1-6-21-19-22(30-17-12-23(26)27)18-20(2)24(21)31-16-10-8-7-9-14-29-15-11-13-28-32-25(3,4)5/h12-13,18-19H,6-11,14-17H2,1-5H3. The number of aryl methyl sites for hydroxylation is 2. The maximum atomic E-state index is 6.10. The maximum absolute atomic E-state index is 6.10. The minimum atomic E-state index is -0.243. The van der Waals surface area contributed by atoms with E-state index in [1.807, 2.05) is 39.8 Å². The first-order chi connectivity index (χ1) is 15.2. The Morgan fingerprint density at radius 2 is 1.72 bits per heavy atom. The molecule has 0 aliphatic rings. The minimum absolute atomic E-state index is 0.208. The quantitative estimate of drug-likeness (QED) is 0.138. The molecule has 7 heteroatoms. The Balaban J connectivity index is 2.19. The van der Waals surface area contributed by atoms with Gasteiger partial charge in [-0.3, -0.25) is 0 Å². The summed E-state index contributed by atoms with van der Waals surface area (Å²) in [5.41, 5.74) is 1.98. The third-order valence-corrected chi connectivity index (χ3v) is 4.72. The van der Waals surface area contributed by atoms with Crippen LogP contribution in [-0.4, -0.2) is 38.2 Å². The molecule has 0 radical (unpaired) electrons. The summed E-state index contributed by atoms with van der Waals surface area (Å²) in [4.78, 5) is 5.28. The van der Waals surface area contributed by atoms with Crippen molar-refractivity contribution in [2.75, 3.05) is 26.4 Å². The molecule has 0 aliphatic heterocycles. The lowest BCUT2D eigenvalue weighted by Gasteiger charge is -2.15. The lowest BCUT2D eigenvalue weighted by Crippen LogP contribution is -2.15. The molecule has 1 aromatic rings. The van der Waals surface area contributed by atoms with Crippen LogP contribution in [0.5, 0.6) is 11.5 Å². The van der Waals surface area contributed by atoms with Gasteiger partial charge in [0.05, 0.1) is 13.2 Å². The number of hydrogen-bond donors (Lipinski definition) is 0. The summed E-state index contributed by atoms with van der Waals surface area (Å²) >= 11 is 11.2. The number of benzene rings is 1. The van der Waals surface area contributed by atoms with Crippen molar-refractivity contribution in [1.29, 1.82) is 0 Å². The first-order valence-electron chi connectivity index (χ1n) is 11.4. The summed E-state index contributed by atoms with van der Waals surface area (Å²) in [6.07, 6.45) is 9.37. The van der Waals surface area contributed by atoms with E-state index in [-0.39, 0.29) is 10.1 Å². The van der Waals surface area contributed by atoms with Gasteiger partial charge in [0.25, 0.3) is 0 Å². The fraction of sp³-hybridized carbons (Fsp3) is 0.640. The molecule has 0 saturated heterocycles. The molecule has 0 aliphatic carbocycles. The highest BCUT2D eigenvalue weighted by atomic mass is 35.5. The molecule has 0 bridgehead atoms. The van der Waals surface area contributed by atoms with Crippen LogP contribution in [0, 0.1) is 6.92 Å². The van der Waals surface area contributed by atoms with Crippen molar-refractivity contribution < 1.29 is 19.0 Å². The number of halogens is 2. The normalized spacial score (nSPS) is 11.6. The molecule has 0 heterocycles. The van der Waals surface area contributed by atoms with E-state index in [9.17, 15) is 0 Å². The van der Waals surface area contributed by atoms with Crippen molar-refractivity contribution in [2.45, 2.75) is 78.7 Å². The third-order valence-electron chi connectivity index (χ3n) is 4.42. The van der Waals surface area contributed by atoms with E-state index in [4.69, 9.17) is 42.3 Å². The number of nitrogens with zero attached hydrogens (tertiary/aromatic N) is 1. The first-order valence-corrected chi connectivity index (χ1v) is 12.2. The molecule has 5 nitrogen and oxygen atoms in total. The summed E-state index contributed by atoms with van der Waals surface area (Å²) in [5, 5.41) is 3.94. The lowest BCUT2D eigenvalue weighted by atomic mass is 10.1. The van der Waals surface area contributed by atoms with Crippen LogP contribution in [0.4, 0.5) is 0 Å². The van der Waals surface area contributed by atoms with Gasteiger partial charge in [0.1, 0.15) is 28.2 Å². The van der Waals surface area contributed by atoms with E-state index >= 15 is 0 Å². The van der Waals surface area contributed by atoms with E-state index in [2.05, 4.69) is 12.1 Å². The molecule has 1 aromatic carbocycles.